The van der Waals surface area contributed by atoms with Crippen molar-refractivity contribution >= 4 is 11.6 Å². The zero-order valence-electron chi connectivity index (χ0n) is 15.5. The number of pyridine rings is 1. The summed E-state index contributed by atoms with van der Waals surface area (Å²) >= 11 is 0. The summed E-state index contributed by atoms with van der Waals surface area (Å²) < 4.78 is 42.0. The summed E-state index contributed by atoms with van der Waals surface area (Å²) in [5.41, 5.74) is -1.30. The lowest BCUT2D eigenvalue weighted by Gasteiger charge is -2.10. The van der Waals surface area contributed by atoms with Crippen LogP contribution in [-0.2, 0) is 24.6 Å². The molecule has 0 aliphatic heterocycles. The number of para-hydroxylation sites is 1. The van der Waals surface area contributed by atoms with Crippen molar-refractivity contribution in [1.29, 1.82) is 0 Å². The molecule has 0 saturated carbocycles. The van der Waals surface area contributed by atoms with Crippen LogP contribution in [0.3, 0.4) is 0 Å². The highest BCUT2D eigenvalue weighted by Gasteiger charge is 2.31. The quantitative estimate of drug-likeness (QED) is 0.722. The van der Waals surface area contributed by atoms with Crippen LogP contribution in [0.4, 0.5) is 18.9 Å². The lowest BCUT2D eigenvalue weighted by atomic mass is 10.2. The number of halogens is 3. The van der Waals surface area contributed by atoms with Gasteiger partial charge >= 0.3 is 6.18 Å². The van der Waals surface area contributed by atoms with E-state index in [1.807, 2.05) is 0 Å². The highest BCUT2D eigenvalue weighted by atomic mass is 19.4. The number of alkyl halides is 3. The number of nitrogens with zero attached hydrogens (tertiary/aromatic N) is 3. The molecule has 0 radical (unpaired) electrons. The molecule has 0 spiro atoms. The number of benzene rings is 1. The van der Waals surface area contributed by atoms with Gasteiger partial charge in [0.1, 0.15) is 12.2 Å². The Labute approximate surface area is 162 Å². The molecule has 3 rings (SSSR count). The van der Waals surface area contributed by atoms with Crippen LogP contribution in [0, 0.1) is 6.92 Å². The van der Waals surface area contributed by atoms with Gasteiger partial charge in [0, 0.05) is 19.3 Å². The molecule has 0 atom stereocenters. The molecule has 0 aliphatic rings. The van der Waals surface area contributed by atoms with Crippen LogP contribution in [-0.4, -0.2) is 19.8 Å². The largest absolute Gasteiger partial charge is 0.417 e. The predicted octanol–water partition coefficient (Wildman–Crippen LogP) is 2.30. The Morgan fingerprint density at radius 3 is 2.34 bits per heavy atom. The van der Waals surface area contributed by atoms with E-state index in [1.54, 1.807) is 49.0 Å². The van der Waals surface area contributed by atoms with Crippen LogP contribution in [0.2, 0.25) is 0 Å². The third-order valence-corrected chi connectivity index (χ3v) is 4.44. The lowest BCUT2D eigenvalue weighted by Crippen LogP contribution is -2.29. The minimum absolute atomic E-state index is 0.0126. The first kappa shape index (κ1) is 20.2. The fraction of sp³-hybridized carbons (Fsp3) is 0.211. The molecule has 152 valence electrons. The molecule has 7 nitrogen and oxygen atoms in total. The second-order valence-corrected chi connectivity index (χ2v) is 6.37. The van der Waals surface area contributed by atoms with Crippen LogP contribution in [0.5, 0.6) is 0 Å². The zero-order chi connectivity index (χ0) is 21.3. The van der Waals surface area contributed by atoms with Crippen LogP contribution in [0.25, 0.3) is 5.69 Å². The highest BCUT2D eigenvalue weighted by molar-refractivity contribution is 5.91. The first-order chi connectivity index (χ1) is 13.6. The molecular formula is C19H17F3N4O3. The minimum Gasteiger partial charge on any atom is -0.318 e. The van der Waals surface area contributed by atoms with Gasteiger partial charge in [0.15, 0.2) is 0 Å². The van der Waals surface area contributed by atoms with Crippen molar-refractivity contribution in [2.75, 3.05) is 5.32 Å². The standard InChI is InChI=1S/C19H17F3N4O3/c1-12-17(18(29)26(24(12)2)14-6-4-3-5-7-14)23-15(27)11-25-10-13(19(20,21)22)8-9-16(25)28/h3-10H,11H2,1-2H3,(H,23,27). The summed E-state index contributed by atoms with van der Waals surface area (Å²) in [6.45, 7) is 0.953. The Balaban J connectivity index is 1.90. The van der Waals surface area contributed by atoms with Gasteiger partial charge in [-0.1, -0.05) is 18.2 Å². The molecule has 3 aromatic rings. The van der Waals surface area contributed by atoms with Gasteiger partial charge < -0.3 is 9.88 Å². The maximum absolute atomic E-state index is 12.8. The maximum Gasteiger partial charge on any atom is 0.417 e. The first-order valence-electron chi connectivity index (χ1n) is 8.51. The summed E-state index contributed by atoms with van der Waals surface area (Å²) in [5, 5.41) is 2.41. The summed E-state index contributed by atoms with van der Waals surface area (Å²) in [7, 11) is 1.64. The third-order valence-electron chi connectivity index (χ3n) is 4.44. The van der Waals surface area contributed by atoms with E-state index in [2.05, 4.69) is 5.32 Å². The summed E-state index contributed by atoms with van der Waals surface area (Å²) in [6.07, 6.45) is -4.08. The Morgan fingerprint density at radius 2 is 1.72 bits per heavy atom. The van der Waals surface area contributed by atoms with Crippen LogP contribution in [0.1, 0.15) is 11.3 Å². The molecule has 10 heteroatoms. The normalized spacial score (nSPS) is 11.5. The molecule has 0 saturated heterocycles. The molecular weight excluding hydrogens is 389 g/mol. The van der Waals surface area contributed by atoms with E-state index in [9.17, 15) is 27.6 Å². The second-order valence-electron chi connectivity index (χ2n) is 6.37. The number of hydrogen-bond donors (Lipinski definition) is 1. The number of aromatic nitrogens is 3. The number of anilines is 1. The van der Waals surface area contributed by atoms with Crippen molar-refractivity contribution in [3.63, 3.8) is 0 Å². The molecule has 1 aromatic carbocycles. The Bertz CT molecular complexity index is 1170. The second kappa shape index (κ2) is 7.46. The van der Waals surface area contributed by atoms with E-state index >= 15 is 0 Å². The monoisotopic (exact) mass is 406 g/mol. The summed E-state index contributed by atoms with van der Waals surface area (Å²) in [4.78, 5) is 36.9. The van der Waals surface area contributed by atoms with E-state index < -0.39 is 35.3 Å². The van der Waals surface area contributed by atoms with E-state index in [-0.39, 0.29) is 5.69 Å². The smallest absolute Gasteiger partial charge is 0.318 e. The predicted molar refractivity (Wildman–Crippen MR) is 100 cm³/mol. The number of carbonyl (C=O) groups is 1. The molecule has 2 heterocycles. The van der Waals surface area contributed by atoms with Gasteiger partial charge in [-0.25, -0.2) is 4.68 Å². The summed E-state index contributed by atoms with van der Waals surface area (Å²) in [5.74, 6) is -0.794. The van der Waals surface area contributed by atoms with Gasteiger partial charge in [0.2, 0.25) is 5.91 Å². The fourth-order valence-corrected chi connectivity index (χ4v) is 2.87. The van der Waals surface area contributed by atoms with Crippen molar-refractivity contribution in [2.45, 2.75) is 19.6 Å². The van der Waals surface area contributed by atoms with Gasteiger partial charge in [-0.05, 0) is 25.1 Å². The van der Waals surface area contributed by atoms with E-state index in [1.165, 1.54) is 4.68 Å². The maximum atomic E-state index is 12.8. The summed E-state index contributed by atoms with van der Waals surface area (Å²) in [6, 6.07) is 10.1. The van der Waals surface area contributed by atoms with Crippen molar-refractivity contribution in [3.05, 3.63) is 80.6 Å². The Morgan fingerprint density at radius 1 is 1.07 bits per heavy atom. The highest BCUT2D eigenvalue weighted by Crippen LogP contribution is 2.28. The van der Waals surface area contributed by atoms with Crippen molar-refractivity contribution in [2.24, 2.45) is 7.05 Å². The number of nitrogens with one attached hydrogen (secondary N) is 1. The Kier molecular flexibility index (Phi) is 5.19. The average molecular weight is 406 g/mol. The lowest BCUT2D eigenvalue weighted by molar-refractivity contribution is -0.138. The van der Waals surface area contributed by atoms with E-state index in [4.69, 9.17) is 0 Å². The van der Waals surface area contributed by atoms with Gasteiger partial charge in [-0.3, -0.25) is 19.1 Å². The molecule has 29 heavy (non-hydrogen) atoms. The van der Waals surface area contributed by atoms with E-state index in [0.29, 0.717) is 28.2 Å². The zero-order valence-corrected chi connectivity index (χ0v) is 15.5. The fourth-order valence-electron chi connectivity index (χ4n) is 2.87. The number of rotatable bonds is 4. The van der Waals surface area contributed by atoms with Crippen molar-refractivity contribution in [1.82, 2.24) is 13.9 Å². The molecule has 1 amide bonds. The SMILES string of the molecule is Cc1c(NC(=O)Cn2cc(C(F)(F)F)ccc2=O)c(=O)n(-c2ccccc2)n1C. The van der Waals surface area contributed by atoms with Crippen LogP contribution in [0.15, 0.2) is 58.3 Å². The molecule has 1 N–H and O–H groups in total. The molecule has 0 aliphatic carbocycles. The number of amides is 1. The van der Waals surface area contributed by atoms with Crippen molar-refractivity contribution < 1.29 is 18.0 Å². The van der Waals surface area contributed by atoms with Gasteiger partial charge in [-0.2, -0.15) is 13.2 Å². The first-order valence-corrected chi connectivity index (χ1v) is 8.51. The van der Waals surface area contributed by atoms with Crippen LogP contribution < -0.4 is 16.4 Å². The van der Waals surface area contributed by atoms with Gasteiger partial charge in [0.05, 0.1) is 16.9 Å². The topological polar surface area (TPSA) is 78.0 Å². The van der Waals surface area contributed by atoms with Gasteiger partial charge in [0.25, 0.3) is 11.1 Å². The van der Waals surface area contributed by atoms with E-state index in [0.717, 1.165) is 6.07 Å². The third kappa shape index (κ3) is 4.00. The van der Waals surface area contributed by atoms with Crippen LogP contribution >= 0.6 is 0 Å². The van der Waals surface area contributed by atoms with Crippen molar-refractivity contribution in [3.8, 4) is 5.69 Å². The molecule has 0 unspecified atom stereocenters. The minimum atomic E-state index is -4.65. The molecule has 0 bridgehead atoms. The van der Waals surface area contributed by atoms with Gasteiger partial charge in [-0.15, -0.1) is 0 Å². The average Bonchev–Trinajstić information content (AvgIpc) is 2.86. The number of carbonyl (C=O) groups excluding carboxylic acids is 1. The Hall–Kier alpha value is -3.56. The molecule has 0 fully saturated rings. The molecule has 2 aromatic heterocycles. The number of hydrogen-bond acceptors (Lipinski definition) is 3.